The molecule has 0 bridgehead atoms. The van der Waals surface area contributed by atoms with Crippen LogP contribution in [0, 0.1) is 0 Å². The molecule has 5 nitrogen and oxygen atoms in total. The summed E-state index contributed by atoms with van der Waals surface area (Å²) in [6.45, 7) is 0. The first-order valence-corrected chi connectivity index (χ1v) is 5.00. The number of aromatic nitrogens is 4. The molecule has 2 aromatic rings. The minimum absolute atomic E-state index is 0.119. The summed E-state index contributed by atoms with van der Waals surface area (Å²) in [7, 11) is 1.78. The van der Waals surface area contributed by atoms with Crippen LogP contribution in [0.25, 0.3) is 0 Å². The highest BCUT2D eigenvalue weighted by molar-refractivity contribution is 5.82. The molecular formula is C11H12N4O. The summed E-state index contributed by atoms with van der Waals surface area (Å²) in [4.78, 5) is 15.7. The summed E-state index contributed by atoms with van der Waals surface area (Å²) in [5, 5.41) is 7.65. The summed E-state index contributed by atoms with van der Waals surface area (Å²) in [6.07, 6.45) is 5.86. The molecule has 5 heteroatoms. The molecule has 0 amide bonds. The van der Waals surface area contributed by atoms with Gasteiger partial charge in [-0.1, -0.05) is 11.3 Å². The molecule has 0 aromatic carbocycles. The first kappa shape index (κ1) is 10.5. The van der Waals surface area contributed by atoms with Gasteiger partial charge in [-0.15, -0.1) is 5.10 Å². The highest BCUT2D eigenvalue weighted by atomic mass is 16.1. The maximum absolute atomic E-state index is 11.7. The highest BCUT2D eigenvalue weighted by Gasteiger charge is 2.07. The normalized spacial score (nSPS) is 10.3. The molecule has 0 fully saturated rings. The van der Waals surface area contributed by atoms with Gasteiger partial charge >= 0.3 is 0 Å². The third-order valence-electron chi connectivity index (χ3n) is 2.15. The number of pyridine rings is 1. The Morgan fingerprint density at radius 3 is 2.94 bits per heavy atom. The molecule has 0 saturated heterocycles. The van der Waals surface area contributed by atoms with Crippen molar-refractivity contribution in [1.29, 1.82) is 0 Å². The van der Waals surface area contributed by atoms with Crippen molar-refractivity contribution in [1.82, 2.24) is 20.0 Å². The molecule has 0 N–H and O–H groups in total. The van der Waals surface area contributed by atoms with Crippen LogP contribution in [0.5, 0.6) is 0 Å². The van der Waals surface area contributed by atoms with Crippen LogP contribution < -0.4 is 0 Å². The van der Waals surface area contributed by atoms with Gasteiger partial charge in [-0.05, 0) is 11.6 Å². The Bertz CT molecular complexity index is 478. The fourth-order valence-corrected chi connectivity index (χ4v) is 1.47. The molecule has 0 saturated carbocycles. The van der Waals surface area contributed by atoms with Crippen LogP contribution in [0.1, 0.15) is 11.3 Å². The van der Waals surface area contributed by atoms with E-state index in [4.69, 9.17) is 0 Å². The second kappa shape index (κ2) is 4.65. The van der Waals surface area contributed by atoms with Gasteiger partial charge in [0.25, 0.3) is 0 Å². The first-order valence-electron chi connectivity index (χ1n) is 5.00. The topological polar surface area (TPSA) is 60.7 Å². The minimum Gasteiger partial charge on any atom is -0.299 e. The minimum atomic E-state index is 0.119. The average Bonchev–Trinajstić information content (AvgIpc) is 2.65. The molecule has 0 spiro atoms. The van der Waals surface area contributed by atoms with Crippen molar-refractivity contribution in [2.75, 3.05) is 0 Å². The maximum Gasteiger partial charge on any atom is 0.143 e. The molecule has 2 aromatic heterocycles. The van der Waals surface area contributed by atoms with Gasteiger partial charge in [-0.25, -0.2) is 0 Å². The summed E-state index contributed by atoms with van der Waals surface area (Å²) >= 11 is 0. The van der Waals surface area contributed by atoms with Crippen LogP contribution in [0.2, 0.25) is 0 Å². The smallest absolute Gasteiger partial charge is 0.143 e. The SMILES string of the molecule is Cn1cc(CC(=O)Cc2cccnc2)nn1. The summed E-state index contributed by atoms with van der Waals surface area (Å²) in [5.74, 6) is 0.119. The van der Waals surface area contributed by atoms with Crippen LogP contribution in [0.4, 0.5) is 0 Å². The standard InChI is InChI=1S/C11H12N4O/c1-15-8-10(13-14-15)6-11(16)5-9-3-2-4-12-7-9/h2-4,7-8H,5-6H2,1H3. The molecule has 0 aliphatic heterocycles. The summed E-state index contributed by atoms with van der Waals surface area (Å²) < 4.78 is 1.59. The van der Waals surface area contributed by atoms with Crippen molar-refractivity contribution >= 4 is 5.78 Å². The van der Waals surface area contributed by atoms with Gasteiger partial charge in [0.2, 0.25) is 0 Å². The Labute approximate surface area is 93.1 Å². The van der Waals surface area contributed by atoms with E-state index in [1.54, 1.807) is 30.3 Å². The fourth-order valence-electron chi connectivity index (χ4n) is 1.47. The van der Waals surface area contributed by atoms with Gasteiger partial charge in [0, 0.05) is 32.1 Å². The molecule has 0 aliphatic carbocycles. The van der Waals surface area contributed by atoms with E-state index in [1.807, 2.05) is 12.1 Å². The van der Waals surface area contributed by atoms with Crippen LogP contribution in [-0.2, 0) is 24.7 Å². The summed E-state index contributed by atoms with van der Waals surface area (Å²) in [5.41, 5.74) is 1.63. The molecular weight excluding hydrogens is 204 g/mol. The van der Waals surface area contributed by atoms with Crippen molar-refractivity contribution in [3.05, 3.63) is 42.0 Å². The Hall–Kier alpha value is -2.04. The van der Waals surface area contributed by atoms with Gasteiger partial charge in [-0.3, -0.25) is 14.5 Å². The lowest BCUT2D eigenvalue weighted by Gasteiger charge is -1.97. The Morgan fingerprint density at radius 2 is 2.31 bits per heavy atom. The lowest BCUT2D eigenvalue weighted by molar-refractivity contribution is -0.117. The second-order valence-electron chi connectivity index (χ2n) is 3.64. The van der Waals surface area contributed by atoms with E-state index < -0.39 is 0 Å². The van der Waals surface area contributed by atoms with Crippen LogP contribution in [0.3, 0.4) is 0 Å². The number of hydrogen-bond donors (Lipinski definition) is 0. The highest BCUT2D eigenvalue weighted by Crippen LogP contribution is 2.01. The first-order chi connectivity index (χ1) is 7.74. The number of hydrogen-bond acceptors (Lipinski definition) is 4. The van der Waals surface area contributed by atoms with Gasteiger partial charge < -0.3 is 0 Å². The van der Waals surface area contributed by atoms with Crippen molar-refractivity contribution < 1.29 is 4.79 Å². The van der Waals surface area contributed by atoms with E-state index in [2.05, 4.69) is 15.3 Å². The zero-order chi connectivity index (χ0) is 11.4. The van der Waals surface area contributed by atoms with Gasteiger partial charge in [0.05, 0.1) is 12.1 Å². The number of Topliss-reactive ketones (excluding diaryl/α,β-unsaturated/α-hetero) is 1. The predicted octanol–water partition coefficient (Wildman–Crippen LogP) is 0.564. The fraction of sp³-hybridized carbons (Fsp3) is 0.273. The van der Waals surface area contributed by atoms with E-state index in [1.165, 1.54) is 0 Å². The quantitative estimate of drug-likeness (QED) is 0.749. The van der Waals surface area contributed by atoms with Crippen LogP contribution in [-0.4, -0.2) is 25.8 Å². The van der Waals surface area contributed by atoms with Crippen LogP contribution in [0.15, 0.2) is 30.7 Å². The Balaban J connectivity index is 1.95. The second-order valence-corrected chi connectivity index (χ2v) is 3.64. The maximum atomic E-state index is 11.7. The molecule has 2 heterocycles. The molecule has 16 heavy (non-hydrogen) atoms. The molecule has 82 valence electrons. The van der Waals surface area contributed by atoms with Crippen molar-refractivity contribution in [3.63, 3.8) is 0 Å². The number of rotatable bonds is 4. The largest absolute Gasteiger partial charge is 0.299 e. The number of carbonyl (C=O) groups is 1. The van der Waals surface area contributed by atoms with Crippen molar-refractivity contribution in [3.8, 4) is 0 Å². The number of ketones is 1. The number of nitrogens with zero attached hydrogens (tertiary/aromatic N) is 4. The molecule has 0 radical (unpaired) electrons. The van der Waals surface area contributed by atoms with Crippen molar-refractivity contribution in [2.45, 2.75) is 12.8 Å². The Kier molecular flexibility index (Phi) is 3.05. The molecule has 0 aliphatic rings. The third-order valence-corrected chi connectivity index (χ3v) is 2.15. The average molecular weight is 216 g/mol. The van der Waals surface area contributed by atoms with Gasteiger partial charge in [-0.2, -0.15) is 0 Å². The number of aryl methyl sites for hydroxylation is 1. The molecule has 0 atom stereocenters. The summed E-state index contributed by atoms with van der Waals surface area (Å²) in [6, 6.07) is 3.71. The van der Waals surface area contributed by atoms with Crippen LogP contribution >= 0.6 is 0 Å². The molecule has 2 rings (SSSR count). The van der Waals surface area contributed by atoms with Gasteiger partial charge in [0.1, 0.15) is 5.78 Å². The number of carbonyl (C=O) groups excluding carboxylic acids is 1. The van der Waals surface area contributed by atoms with E-state index in [0.717, 1.165) is 5.56 Å². The zero-order valence-electron chi connectivity index (χ0n) is 9.00. The monoisotopic (exact) mass is 216 g/mol. The Morgan fingerprint density at radius 1 is 1.44 bits per heavy atom. The zero-order valence-corrected chi connectivity index (χ0v) is 9.00. The van der Waals surface area contributed by atoms with Gasteiger partial charge in [0.15, 0.2) is 0 Å². The third kappa shape index (κ3) is 2.73. The van der Waals surface area contributed by atoms with E-state index in [9.17, 15) is 4.79 Å². The lowest BCUT2D eigenvalue weighted by atomic mass is 10.1. The van der Waals surface area contributed by atoms with Crippen molar-refractivity contribution in [2.24, 2.45) is 7.05 Å². The lowest BCUT2D eigenvalue weighted by Crippen LogP contribution is -2.07. The van der Waals surface area contributed by atoms with E-state index >= 15 is 0 Å². The van der Waals surface area contributed by atoms with E-state index in [0.29, 0.717) is 18.5 Å². The molecule has 0 unspecified atom stereocenters. The predicted molar refractivity (Wildman–Crippen MR) is 57.7 cm³/mol. The van der Waals surface area contributed by atoms with E-state index in [-0.39, 0.29) is 5.78 Å².